The van der Waals surface area contributed by atoms with Crippen molar-refractivity contribution in [1.82, 2.24) is 20.4 Å². The van der Waals surface area contributed by atoms with Crippen LogP contribution in [-0.4, -0.2) is 96.8 Å². The van der Waals surface area contributed by atoms with Crippen LogP contribution in [0, 0.1) is 11.8 Å². The van der Waals surface area contributed by atoms with E-state index in [4.69, 9.17) is 9.47 Å². The average molecular weight is 753 g/mol. The van der Waals surface area contributed by atoms with E-state index >= 15 is 0 Å². The summed E-state index contributed by atoms with van der Waals surface area (Å²) < 4.78 is 9.04. The van der Waals surface area contributed by atoms with Crippen LogP contribution in [0.2, 0.25) is 0 Å². The molecule has 4 amide bonds. The van der Waals surface area contributed by atoms with Crippen molar-refractivity contribution in [2.24, 2.45) is 11.8 Å². The third kappa shape index (κ3) is 20.7. The Balaban J connectivity index is -0.000000552. The molecular weight excluding hydrogens is 685 g/mol. The van der Waals surface area contributed by atoms with E-state index in [0.717, 1.165) is 48.8 Å². The normalized spacial score (nSPS) is 19.6. The number of para-hydroxylation sites is 1. The minimum atomic E-state index is -0.558. The van der Waals surface area contributed by atoms with E-state index in [1.165, 1.54) is 12.0 Å². The Morgan fingerprint density at radius 2 is 1.14 bits per heavy atom. The molecule has 3 aliphatic rings. The minimum Gasteiger partial charge on any atom is -0.493 e. The Morgan fingerprint density at radius 3 is 1.37 bits per heavy atom. The molecule has 5 rings (SSSR count). The fourth-order valence-electron chi connectivity index (χ4n) is 3.66. The predicted octanol–water partition coefficient (Wildman–Crippen LogP) is 8.46. The summed E-state index contributed by atoms with van der Waals surface area (Å²) in [6.07, 6.45) is 2.34. The number of fused-ring (bicyclic) bond motifs is 1. The summed E-state index contributed by atoms with van der Waals surface area (Å²) in [7, 11) is 9.72. The van der Waals surface area contributed by atoms with Crippen molar-refractivity contribution in [3.8, 4) is 5.75 Å². The van der Waals surface area contributed by atoms with Gasteiger partial charge in [-0.05, 0) is 108 Å². The van der Waals surface area contributed by atoms with Crippen molar-refractivity contribution in [2.45, 2.75) is 85.7 Å². The van der Waals surface area contributed by atoms with Gasteiger partial charge in [0.05, 0.1) is 13.3 Å². The maximum atomic E-state index is 11.2. The molecule has 2 atom stereocenters. The molecule has 2 N–H and O–H groups in total. The van der Waals surface area contributed by atoms with Gasteiger partial charge >= 0.3 is 0 Å². The number of methoxy groups -OCH3 is 1. The standard InChI is InChI=1S/C9H10O.2C7H11NO2S.C6H6.C4H11NO.C4H11N.2CH4/c1-2-6-9-8(4-1)5-3-7-10-9;2*1-4(2)7(3)5(9)8-6(10)11-7;1-2-4-6-5-3-1;1-5(2)4-6-3;1-4-5(2)3;;/h1-2,4,6H,3,5,7H2;2*4H,1-3H3,(H,8,9,10);1-6H;4H2,1-3H3;4H2,1-3H3;2*1H4. The second kappa shape index (κ2) is 27.7. The van der Waals surface area contributed by atoms with E-state index in [2.05, 4.69) is 48.7 Å². The summed E-state index contributed by atoms with van der Waals surface area (Å²) in [5, 5.41) is 4.09. The first-order chi connectivity index (χ1) is 22.9. The van der Waals surface area contributed by atoms with Crippen molar-refractivity contribution in [3.63, 3.8) is 0 Å². The van der Waals surface area contributed by atoms with E-state index in [1.807, 2.05) is 95.2 Å². The van der Waals surface area contributed by atoms with E-state index < -0.39 is 9.49 Å². The summed E-state index contributed by atoms with van der Waals surface area (Å²) in [5.74, 6) is 1.11. The van der Waals surface area contributed by atoms with Crippen molar-refractivity contribution in [2.75, 3.05) is 55.2 Å². The average Bonchev–Trinajstić information content (AvgIpc) is 3.50. The molecule has 2 aromatic rings. The molecule has 51 heavy (non-hydrogen) atoms. The molecule has 2 unspecified atom stereocenters. The quantitative estimate of drug-likeness (QED) is 0.288. The minimum absolute atomic E-state index is 0. The van der Waals surface area contributed by atoms with Crippen LogP contribution < -0.4 is 15.4 Å². The number of ether oxygens (including phenoxy) is 2. The number of benzene rings is 2. The van der Waals surface area contributed by atoms with E-state index in [-0.39, 0.29) is 49.0 Å². The fourth-order valence-corrected chi connectivity index (χ4v) is 5.48. The number of imide groups is 2. The third-order valence-electron chi connectivity index (χ3n) is 7.65. The molecule has 3 aliphatic heterocycles. The van der Waals surface area contributed by atoms with Gasteiger partial charge in [-0.15, -0.1) is 0 Å². The number of hydrogen-bond donors (Lipinski definition) is 2. The Labute approximate surface area is 318 Å². The number of thioether (sulfide) groups is 2. The predicted molar refractivity (Wildman–Crippen MR) is 219 cm³/mol. The smallest absolute Gasteiger partial charge is 0.286 e. The molecule has 2 saturated heterocycles. The Kier molecular flexibility index (Phi) is 28.5. The van der Waals surface area contributed by atoms with Gasteiger partial charge in [-0.1, -0.05) is 104 Å². The van der Waals surface area contributed by atoms with E-state index in [9.17, 15) is 19.2 Å². The molecule has 0 saturated carbocycles. The van der Waals surface area contributed by atoms with E-state index in [0.29, 0.717) is 6.73 Å². The molecule has 0 aromatic heterocycles. The van der Waals surface area contributed by atoms with Crippen LogP contribution in [0.25, 0.3) is 0 Å². The molecule has 10 nitrogen and oxygen atoms in total. The lowest BCUT2D eigenvalue weighted by Gasteiger charge is -2.22. The van der Waals surface area contributed by atoms with Gasteiger partial charge in [0.2, 0.25) is 11.8 Å². The van der Waals surface area contributed by atoms with Crippen LogP contribution in [0.1, 0.15) is 75.3 Å². The number of carbonyl (C=O) groups excluding carboxylic acids is 4. The fraction of sp³-hybridized carbons (Fsp3) is 0.590. The zero-order chi connectivity index (χ0) is 37.6. The second-order valence-electron chi connectivity index (χ2n) is 12.8. The van der Waals surface area contributed by atoms with Gasteiger partial charge in [-0.2, -0.15) is 0 Å². The highest BCUT2D eigenvalue weighted by atomic mass is 32.2. The van der Waals surface area contributed by atoms with Crippen LogP contribution >= 0.6 is 23.5 Å². The zero-order valence-electron chi connectivity index (χ0n) is 31.6. The number of amides is 4. The first kappa shape index (κ1) is 52.5. The van der Waals surface area contributed by atoms with Crippen molar-refractivity contribution < 1.29 is 28.7 Å². The van der Waals surface area contributed by atoms with Crippen molar-refractivity contribution in [1.29, 1.82) is 0 Å². The Hall–Kier alpha value is -2.90. The summed E-state index contributed by atoms with van der Waals surface area (Å²) in [6, 6.07) is 20.3. The Bertz CT molecular complexity index is 1170. The summed E-state index contributed by atoms with van der Waals surface area (Å²) in [4.78, 5) is 48.1. The number of hydrogen-bond acceptors (Lipinski definition) is 10. The van der Waals surface area contributed by atoms with E-state index in [1.54, 1.807) is 21.0 Å². The van der Waals surface area contributed by atoms with Crippen LogP contribution in [0.5, 0.6) is 5.75 Å². The van der Waals surface area contributed by atoms with Gasteiger partial charge in [-0.25, -0.2) is 0 Å². The van der Waals surface area contributed by atoms with Crippen LogP contribution in [-0.2, 0) is 20.7 Å². The van der Waals surface area contributed by atoms with Crippen LogP contribution in [0.4, 0.5) is 9.59 Å². The van der Waals surface area contributed by atoms with Crippen molar-refractivity contribution >= 4 is 45.8 Å². The molecule has 292 valence electrons. The van der Waals surface area contributed by atoms with Crippen LogP contribution in [0.3, 0.4) is 0 Å². The number of aryl methyl sites for hydroxylation is 1. The lowest BCUT2D eigenvalue weighted by Crippen LogP contribution is -2.38. The highest BCUT2D eigenvalue weighted by Gasteiger charge is 2.46. The first-order valence-corrected chi connectivity index (χ1v) is 18.2. The SMILES string of the molecule is C.C.CC(C)C1(C)SC(=O)NC1=O.CC(C)C1(C)SC(=O)NC1=O.CCN(C)C.COCN(C)C.c1ccc2c(c1)CCCO2.c1ccccc1. The highest BCUT2D eigenvalue weighted by molar-refractivity contribution is 8.16. The third-order valence-corrected chi connectivity index (χ3v) is 10.4. The maximum absolute atomic E-state index is 11.2. The van der Waals surface area contributed by atoms with Gasteiger partial charge in [0.1, 0.15) is 15.2 Å². The number of nitrogens with zero attached hydrogens (tertiary/aromatic N) is 2. The van der Waals surface area contributed by atoms with Crippen molar-refractivity contribution in [3.05, 3.63) is 66.2 Å². The second-order valence-corrected chi connectivity index (χ2v) is 15.7. The summed E-state index contributed by atoms with van der Waals surface area (Å²) in [6.45, 7) is 16.2. The number of rotatable bonds is 5. The maximum Gasteiger partial charge on any atom is 0.286 e. The molecule has 0 bridgehead atoms. The number of carbonyl (C=O) groups is 4. The molecule has 0 radical (unpaired) electrons. The summed E-state index contributed by atoms with van der Waals surface area (Å²) >= 11 is 2.17. The lowest BCUT2D eigenvalue weighted by atomic mass is 9.96. The van der Waals surface area contributed by atoms with Gasteiger partial charge in [0.15, 0.2) is 0 Å². The summed E-state index contributed by atoms with van der Waals surface area (Å²) in [5.41, 5.74) is 1.36. The topological polar surface area (TPSA) is 117 Å². The molecular formula is C39H68N4O6S2. The molecule has 3 heterocycles. The monoisotopic (exact) mass is 752 g/mol. The molecule has 0 aliphatic carbocycles. The number of nitrogens with one attached hydrogen (secondary N) is 2. The van der Waals surface area contributed by atoms with Gasteiger partial charge < -0.3 is 14.4 Å². The highest BCUT2D eigenvalue weighted by Crippen LogP contribution is 2.38. The van der Waals surface area contributed by atoms with Crippen LogP contribution in [0.15, 0.2) is 60.7 Å². The van der Waals surface area contributed by atoms with Gasteiger partial charge in [-0.3, -0.25) is 34.7 Å². The lowest BCUT2D eigenvalue weighted by molar-refractivity contribution is -0.123. The molecule has 0 spiro atoms. The molecule has 2 fully saturated rings. The zero-order valence-corrected chi connectivity index (χ0v) is 33.3. The molecule has 2 aromatic carbocycles. The Morgan fingerprint density at radius 1 is 0.745 bits per heavy atom. The van der Waals surface area contributed by atoms with Gasteiger partial charge in [0.25, 0.3) is 10.5 Å². The molecule has 12 heteroatoms. The van der Waals surface area contributed by atoms with Gasteiger partial charge in [0, 0.05) is 7.11 Å². The first-order valence-electron chi connectivity index (χ1n) is 16.5. The largest absolute Gasteiger partial charge is 0.493 e.